The van der Waals surface area contributed by atoms with Gasteiger partial charge >= 0.3 is 0 Å². The van der Waals surface area contributed by atoms with Crippen molar-refractivity contribution < 1.29 is 4.39 Å². The predicted molar refractivity (Wildman–Crippen MR) is 71.1 cm³/mol. The molecule has 0 amide bonds. The monoisotopic (exact) mass is 261 g/mol. The van der Waals surface area contributed by atoms with E-state index in [1.54, 1.807) is 12.1 Å². The van der Waals surface area contributed by atoms with Crippen LogP contribution in [0.5, 0.6) is 0 Å². The summed E-state index contributed by atoms with van der Waals surface area (Å²) < 4.78 is 13.2. The van der Waals surface area contributed by atoms with Gasteiger partial charge in [-0.2, -0.15) is 0 Å². The number of benzene rings is 2. The van der Waals surface area contributed by atoms with Gasteiger partial charge < -0.3 is 5.73 Å². The number of halogens is 2. The van der Waals surface area contributed by atoms with Crippen molar-refractivity contribution in [3.05, 3.63) is 70.0 Å². The van der Waals surface area contributed by atoms with Crippen LogP contribution in [0.4, 0.5) is 4.39 Å². The smallest absolute Gasteiger partial charge is 0.123 e. The predicted octanol–water partition coefficient (Wildman–Crippen LogP) is 3.63. The highest BCUT2D eigenvalue weighted by Gasteiger charge is 2.36. The SMILES string of the molecule is NC1(c2ccc(Cl)cc2)CCc2cc(F)ccc21. The summed E-state index contributed by atoms with van der Waals surface area (Å²) in [5.74, 6) is -0.200. The Bertz CT molecular complexity index is 594. The Morgan fingerprint density at radius 1 is 1.11 bits per heavy atom. The molecule has 3 heteroatoms. The lowest BCUT2D eigenvalue weighted by molar-refractivity contribution is 0.534. The first-order valence-corrected chi connectivity index (χ1v) is 6.31. The number of hydrogen-bond acceptors (Lipinski definition) is 1. The Kier molecular flexibility index (Phi) is 2.65. The van der Waals surface area contributed by atoms with Gasteiger partial charge in [-0.25, -0.2) is 4.39 Å². The molecule has 1 nitrogen and oxygen atoms in total. The molecule has 0 saturated carbocycles. The van der Waals surface area contributed by atoms with Gasteiger partial charge in [0.15, 0.2) is 0 Å². The highest BCUT2D eigenvalue weighted by molar-refractivity contribution is 6.30. The minimum atomic E-state index is -0.520. The molecule has 1 aliphatic carbocycles. The van der Waals surface area contributed by atoms with E-state index < -0.39 is 5.54 Å². The van der Waals surface area contributed by atoms with Gasteiger partial charge in [-0.3, -0.25) is 0 Å². The zero-order valence-corrected chi connectivity index (χ0v) is 10.5. The lowest BCUT2D eigenvalue weighted by atomic mass is 9.85. The summed E-state index contributed by atoms with van der Waals surface area (Å²) in [5.41, 5.74) is 9.06. The molecule has 0 aliphatic heterocycles. The summed E-state index contributed by atoms with van der Waals surface area (Å²) >= 11 is 5.89. The quantitative estimate of drug-likeness (QED) is 0.834. The summed E-state index contributed by atoms with van der Waals surface area (Å²) in [4.78, 5) is 0. The van der Waals surface area contributed by atoms with Crippen molar-refractivity contribution in [1.29, 1.82) is 0 Å². The lowest BCUT2D eigenvalue weighted by Gasteiger charge is -2.26. The van der Waals surface area contributed by atoms with E-state index in [1.165, 1.54) is 6.07 Å². The Labute approximate surface area is 110 Å². The topological polar surface area (TPSA) is 26.0 Å². The van der Waals surface area contributed by atoms with Crippen LogP contribution in [0.2, 0.25) is 5.02 Å². The molecule has 1 atom stereocenters. The first-order chi connectivity index (χ1) is 8.59. The fourth-order valence-electron chi connectivity index (χ4n) is 2.72. The van der Waals surface area contributed by atoms with Crippen LogP contribution in [0.25, 0.3) is 0 Å². The van der Waals surface area contributed by atoms with Gasteiger partial charge in [-0.05, 0) is 53.8 Å². The molecule has 3 rings (SSSR count). The fraction of sp³-hybridized carbons (Fsp3) is 0.200. The molecule has 2 aromatic rings. The van der Waals surface area contributed by atoms with Crippen LogP contribution in [0.15, 0.2) is 42.5 Å². The van der Waals surface area contributed by atoms with E-state index in [0.29, 0.717) is 5.02 Å². The van der Waals surface area contributed by atoms with Crippen LogP contribution in [0.3, 0.4) is 0 Å². The van der Waals surface area contributed by atoms with Gasteiger partial charge in [0.1, 0.15) is 5.82 Å². The van der Waals surface area contributed by atoms with Crippen LogP contribution in [0.1, 0.15) is 23.1 Å². The summed E-state index contributed by atoms with van der Waals surface area (Å²) in [6.07, 6.45) is 1.61. The highest BCUT2D eigenvalue weighted by atomic mass is 35.5. The van der Waals surface area contributed by atoms with E-state index in [2.05, 4.69) is 0 Å². The molecular weight excluding hydrogens is 249 g/mol. The highest BCUT2D eigenvalue weighted by Crippen LogP contribution is 2.40. The third-order valence-electron chi connectivity index (χ3n) is 3.70. The van der Waals surface area contributed by atoms with Gasteiger partial charge in [0, 0.05) is 5.02 Å². The first kappa shape index (κ1) is 11.7. The van der Waals surface area contributed by atoms with E-state index in [0.717, 1.165) is 29.5 Å². The molecule has 2 N–H and O–H groups in total. The van der Waals surface area contributed by atoms with E-state index >= 15 is 0 Å². The molecule has 0 bridgehead atoms. The van der Waals surface area contributed by atoms with Crippen molar-refractivity contribution in [1.82, 2.24) is 0 Å². The Balaban J connectivity index is 2.11. The van der Waals surface area contributed by atoms with Crippen LogP contribution < -0.4 is 5.73 Å². The van der Waals surface area contributed by atoms with Crippen molar-refractivity contribution in [3.8, 4) is 0 Å². The van der Waals surface area contributed by atoms with E-state index in [9.17, 15) is 4.39 Å². The average Bonchev–Trinajstić information content (AvgIpc) is 2.68. The first-order valence-electron chi connectivity index (χ1n) is 5.93. The zero-order chi connectivity index (χ0) is 12.8. The minimum absolute atomic E-state index is 0.200. The maximum absolute atomic E-state index is 13.2. The zero-order valence-electron chi connectivity index (χ0n) is 9.79. The van der Waals surface area contributed by atoms with Crippen LogP contribution >= 0.6 is 11.6 Å². The number of fused-ring (bicyclic) bond motifs is 1. The van der Waals surface area contributed by atoms with Crippen molar-refractivity contribution in [2.45, 2.75) is 18.4 Å². The molecule has 0 aromatic heterocycles. The Morgan fingerprint density at radius 2 is 1.83 bits per heavy atom. The molecular formula is C15H13ClFN. The van der Waals surface area contributed by atoms with Crippen LogP contribution in [-0.2, 0) is 12.0 Å². The third kappa shape index (κ3) is 1.73. The van der Waals surface area contributed by atoms with Gasteiger partial charge in [-0.15, -0.1) is 0 Å². The second-order valence-electron chi connectivity index (χ2n) is 4.78. The molecule has 18 heavy (non-hydrogen) atoms. The van der Waals surface area contributed by atoms with Crippen molar-refractivity contribution >= 4 is 11.6 Å². The standard InChI is InChI=1S/C15H13ClFN/c16-12-3-1-11(2-4-12)15(18)8-7-10-9-13(17)5-6-14(10)15/h1-6,9H,7-8,18H2. The summed E-state index contributed by atoms with van der Waals surface area (Å²) in [5, 5.41) is 0.694. The van der Waals surface area contributed by atoms with E-state index in [1.807, 2.05) is 24.3 Å². The molecule has 2 aromatic carbocycles. The van der Waals surface area contributed by atoms with Gasteiger partial charge in [0.2, 0.25) is 0 Å². The van der Waals surface area contributed by atoms with E-state index in [-0.39, 0.29) is 5.82 Å². The molecule has 0 saturated heterocycles. The average molecular weight is 262 g/mol. The van der Waals surface area contributed by atoms with Crippen molar-refractivity contribution in [2.24, 2.45) is 5.73 Å². The molecule has 1 aliphatic rings. The van der Waals surface area contributed by atoms with Gasteiger partial charge in [0.05, 0.1) is 5.54 Å². The fourth-order valence-corrected chi connectivity index (χ4v) is 2.84. The third-order valence-corrected chi connectivity index (χ3v) is 3.95. The number of hydrogen-bond donors (Lipinski definition) is 1. The van der Waals surface area contributed by atoms with Gasteiger partial charge in [-0.1, -0.05) is 29.8 Å². The second-order valence-corrected chi connectivity index (χ2v) is 5.22. The molecule has 1 unspecified atom stereocenters. The van der Waals surface area contributed by atoms with E-state index in [4.69, 9.17) is 17.3 Å². The maximum Gasteiger partial charge on any atom is 0.123 e. The van der Waals surface area contributed by atoms with Crippen LogP contribution in [-0.4, -0.2) is 0 Å². The molecule has 0 heterocycles. The summed E-state index contributed by atoms with van der Waals surface area (Å²) in [6.45, 7) is 0. The number of nitrogens with two attached hydrogens (primary N) is 1. The largest absolute Gasteiger partial charge is 0.318 e. The molecule has 0 fully saturated rings. The minimum Gasteiger partial charge on any atom is -0.318 e. The second kappa shape index (κ2) is 4.08. The molecule has 0 spiro atoms. The number of rotatable bonds is 1. The lowest BCUT2D eigenvalue weighted by Crippen LogP contribution is -2.35. The van der Waals surface area contributed by atoms with Crippen molar-refractivity contribution in [2.75, 3.05) is 0 Å². The summed E-state index contributed by atoms with van der Waals surface area (Å²) in [7, 11) is 0. The molecule has 0 radical (unpaired) electrons. The van der Waals surface area contributed by atoms with Gasteiger partial charge in [0.25, 0.3) is 0 Å². The number of aryl methyl sites for hydroxylation is 1. The van der Waals surface area contributed by atoms with Crippen molar-refractivity contribution in [3.63, 3.8) is 0 Å². The Morgan fingerprint density at radius 3 is 2.56 bits per heavy atom. The van der Waals surface area contributed by atoms with Crippen LogP contribution in [0, 0.1) is 5.82 Å². The Hall–Kier alpha value is -1.38. The normalized spacial score (nSPS) is 21.9. The maximum atomic E-state index is 13.2. The molecule has 92 valence electrons. The summed E-state index contributed by atoms with van der Waals surface area (Å²) in [6, 6.07) is 12.4.